The van der Waals surface area contributed by atoms with E-state index in [-0.39, 0.29) is 33.0 Å². The molecule has 0 aliphatic rings. The van der Waals surface area contributed by atoms with Gasteiger partial charge in [0.25, 0.3) is 0 Å². The molecule has 14 heteroatoms. The first kappa shape index (κ1) is 45.3. The summed E-state index contributed by atoms with van der Waals surface area (Å²) in [5, 5.41) is 32.1. The van der Waals surface area contributed by atoms with E-state index in [9.17, 15) is 0 Å². The van der Waals surface area contributed by atoms with E-state index in [2.05, 4.69) is 60.8 Å². The van der Waals surface area contributed by atoms with Gasteiger partial charge in [-0.25, -0.2) is 19.9 Å². The SMILES string of the molecule is [Ni].[Ni].c1ccc(N=Nc2ccccn2)cc1.c1ccc(N=Nc2ccccn2)cc1.c1ccc(N=Nc2ccccn2)cc1.c1ccc(N=Nc2ccccn2)cc1. The van der Waals surface area contributed by atoms with Gasteiger partial charge < -0.3 is 0 Å². The van der Waals surface area contributed by atoms with E-state index in [4.69, 9.17) is 0 Å². The number of nitrogens with zero attached hydrogens (tertiary/aromatic N) is 12. The fraction of sp³-hybridized carbons (Fsp3) is 0. The molecule has 0 spiro atoms. The monoisotopic (exact) mass is 848 g/mol. The zero-order chi connectivity index (χ0) is 38.6. The molecule has 0 aliphatic heterocycles. The molecule has 0 amide bonds. The third-order valence-electron chi connectivity index (χ3n) is 6.69. The van der Waals surface area contributed by atoms with Crippen molar-refractivity contribution in [3.8, 4) is 0 Å². The first-order valence-corrected chi connectivity index (χ1v) is 17.3. The summed E-state index contributed by atoms with van der Waals surface area (Å²) in [5.41, 5.74) is 3.33. The molecule has 0 saturated heterocycles. The minimum absolute atomic E-state index is 0. The first-order chi connectivity index (χ1) is 27.8. The van der Waals surface area contributed by atoms with Crippen molar-refractivity contribution >= 4 is 46.0 Å². The molecule has 292 valence electrons. The number of rotatable bonds is 8. The Labute approximate surface area is 357 Å². The van der Waals surface area contributed by atoms with Crippen LogP contribution in [0.5, 0.6) is 0 Å². The second kappa shape index (κ2) is 28.3. The van der Waals surface area contributed by atoms with Crippen molar-refractivity contribution in [1.29, 1.82) is 0 Å². The smallest absolute Gasteiger partial charge is 0.174 e. The Morgan fingerprint density at radius 1 is 0.207 bits per heavy atom. The number of hydrogen-bond acceptors (Lipinski definition) is 12. The van der Waals surface area contributed by atoms with Gasteiger partial charge in [0.2, 0.25) is 0 Å². The van der Waals surface area contributed by atoms with Gasteiger partial charge in [-0.3, -0.25) is 0 Å². The minimum atomic E-state index is 0. The topological polar surface area (TPSA) is 150 Å². The maximum atomic E-state index is 4.04. The van der Waals surface area contributed by atoms with Gasteiger partial charge in [-0.1, -0.05) is 97.1 Å². The molecule has 0 aliphatic carbocycles. The Balaban J connectivity index is 0.000000205. The number of azo groups is 4. The Hall–Kier alpha value is -7.13. The van der Waals surface area contributed by atoms with E-state index < -0.39 is 0 Å². The first-order valence-electron chi connectivity index (χ1n) is 17.3. The average Bonchev–Trinajstić information content (AvgIpc) is 3.30. The van der Waals surface area contributed by atoms with Gasteiger partial charge >= 0.3 is 0 Å². The molecular formula is C44H36N12Ni2. The molecule has 12 nitrogen and oxygen atoms in total. The molecule has 0 fully saturated rings. The van der Waals surface area contributed by atoms with Crippen LogP contribution in [0.1, 0.15) is 0 Å². The molecule has 58 heavy (non-hydrogen) atoms. The minimum Gasteiger partial charge on any atom is -0.236 e. The van der Waals surface area contributed by atoms with Gasteiger partial charge in [-0.2, -0.15) is 0 Å². The van der Waals surface area contributed by atoms with E-state index in [0.717, 1.165) is 22.7 Å². The van der Waals surface area contributed by atoms with Crippen LogP contribution in [0.2, 0.25) is 0 Å². The summed E-state index contributed by atoms with van der Waals surface area (Å²) < 4.78 is 0. The normalized spacial score (nSPS) is 10.2. The molecule has 0 bridgehead atoms. The van der Waals surface area contributed by atoms with Crippen molar-refractivity contribution in [2.75, 3.05) is 0 Å². The maximum absolute atomic E-state index is 4.04. The van der Waals surface area contributed by atoms with Gasteiger partial charge in [0.15, 0.2) is 23.3 Å². The summed E-state index contributed by atoms with van der Waals surface area (Å²) in [7, 11) is 0. The zero-order valence-corrected chi connectivity index (χ0v) is 32.8. The average molecular weight is 850 g/mol. The second-order valence-corrected chi connectivity index (χ2v) is 10.9. The van der Waals surface area contributed by atoms with E-state index in [1.54, 1.807) is 24.8 Å². The van der Waals surface area contributed by atoms with Crippen LogP contribution in [-0.2, 0) is 33.0 Å². The van der Waals surface area contributed by atoms with Crippen LogP contribution in [-0.4, -0.2) is 19.9 Å². The van der Waals surface area contributed by atoms with Crippen molar-refractivity contribution in [1.82, 2.24) is 19.9 Å². The molecule has 4 aromatic carbocycles. The van der Waals surface area contributed by atoms with Crippen molar-refractivity contribution < 1.29 is 33.0 Å². The molecular weight excluding hydrogens is 814 g/mol. The Kier molecular flexibility index (Phi) is 22.1. The summed E-state index contributed by atoms with van der Waals surface area (Å²) in [6, 6.07) is 60.5. The fourth-order valence-corrected chi connectivity index (χ4v) is 4.07. The summed E-state index contributed by atoms with van der Waals surface area (Å²) in [6.45, 7) is 0. The molecule has 4 aromatic heterocycles. The molecule has 8 rings (SSSR count). The Bertz CT molecular complexity index is 1820. The van der Waals surface area contributed by atoms with E-state index in [1.165, 1.54) is 0 Å². The second-order valence-electron chi connectivity index (χ2n) is 10.9. The molecule has 0 atom stereocenters. The van der Waals surface area contributed by atoms with Crippen molar-refractivity contribution in [2.24, 2.45) is 40.9 Å². The van der Waals surface area contributed by atoms with Crippen LogP contribution in [0.4, 0.5) is 46.0 Å². The largest absolute Gasteiger partial charge is 0.236 e. The molecule has 0 radical (unpaired) electrons. The summed E-state index contributed by atoms with van der Waals surface area (Å²) >= 11 is 0. The van der Waals surface area contributed by atoms with Crippen molar-refractivity contribution in [3.05, 3.63) is 219 Å². The summed E-state index contributed by atoms with van der Waals surface area (Å²) in [6.07, 6.45) is 6.78. The van der Waals surface area contributed by atoms with Crippen LogP contribution >= 0.6 is 0 Å². The Morgan fingerprint density at radius 2 is 0.397 bits per heavy atom. The molecule has 4 heterocycles. The number of hydrogen-bond donors (Lipinski definition) is 0. The van der Waals surface area contributed by atoms with Crippen molar-refractivity contribution in [3.63, 3.8) is 0 Å². The van der Waals surface area contributed by atoms with Crippen LogP contribution in [0, 0.1) is 0 Å². The third kappa shape index (κ3) is 18.9. The predicted octanol–water partition coefficient (Wildman–Crippen LogP) is 14.0. The van der Waals surface area contributed by atoms with E-state index in [1.807, 2.05) is 194 Å². The predicted molar refractivity (Wildman–Crippen MR) is 219 cm³/mol. The van der Waals surface area contributed by atoms with E-state index in [0.29, 0.717) is 23.3 Å². The Morgan fingerprint density at radius 3 is 0.569 bits per heavy atom. The molecule has 0 saturated carbocycles. The van der Waals surface area contributed by atoms with Gasteiger partial charge in [0.1, 0.15) is 0 Å². The van der Waals surface area contributed by atoms with Gasteiger partial charge in [0, 0.05) is 57.8 Å². The number of benzene rings is 4. The van der Waals surface area contributed by atoms with Gasteiger partial charge in [-0.05, 0) is 97.1 Å². The van der Waals surface area contributed by atoms with Gasteiger partial charge in [0.05, 0.1) is 22.7 Å². The molecule has 8 aromatic rings. The van der Waals surface area contributed by atoms with Crippen LogP contribution in [0.25, 0.3) is 0 Å². The molecule has 0 unspecified atom stereocenters. The van der Waals surface area contributed by atoms with E-state index >= 15 is 0 Å². The van der Waals surface area contributed by atoms with Crippen LogP contribution < -0.4 is 0 Å². The van der Waals surface area contributed by atoms with Gasteiger partial charge in [-0.15, -0.1) is 40.9 Å². The summed E-state index contributed by atoms with van der Waals surface area (Å²) in [5.74, 6) is 2.49. The number of pyridine rings is 4. The quantitative estimate of drug-likeness (QED) is 0.110. The van der Waals surface area contributed by atoms with Crippen molar-refractivity contribution in [2.45, 2.75) is 0 Å². The zero-order valence-electron chi connectivity index (χ0n) is 30.8. The van der Waals surface area contributed by atoms with Crippen LogP contribution in [0.15, 0.2) is 260 Å². The van der Waals surface area contributed by atoms with Crippen LogP contribution in [0.3, 0.4) is 0 Å². The third-order valence-corrected chi connectivity index (χ3v) is 6.69. The standard InChI is InChI=1S/4C11H9N3.2Ni/c4*1-2-6-10(7-3-1)13-14-11-8-4-5-9-12-11;;/h4*1-9H;;. The number of aromatic nitrogens is 4. The molecule has 0 N–H and O–H groups in total. The fourth-order valence-electron chi connectivity index (χ4n) is 4.07. The maximum Gasteiger partial charge on any atom is 0.174 e. The summed E-state index contributed by atoms with van der Waals surface area (Å²) in [4.78, 5) is 16.1.